The fourth-order valence-electron chi connectivity index (χ4n) is 2.37. The van der Waals surface area contributed by atoms with Gasteiger partial charge in [0.05, 0.1) is 7.11 Å². The second-order valence-corrected chi connectivity index (χ2v) is 5.22. The van der Waals surface area contributed by atoms with E-state index in [1.54, 1.807) is 7.11 Å². The van der Waals surface area contributed by atoms with Crippen LogP contribution in [0, 0.1) is 0 Å². The van der Waals surface area contributed by atoms with Gasteiger partial charge in [0.1, 0.15) is 5.75 Å². The molecule has 0 amide bonds. The lowest BCUT2D eigenvalue weighted by molar-refractivity contribution is 0.318. The molecule has 1 aromatic carbocycles. The smallest absolute Gasteiger partial charge is 0.119 e. The van der Waals surface area contributed by atoms with Crippen molar-refractivity contribution < 1.29 is 4.74 Å². The number of hydrogen-bond acceptors (Lipinski definition) is 2. The quantitative estimate of drug-likeness (QED) is 0.759. The maximum absolute atomic E-state index is 5.30. The SMILES string of the molecule is COc1ccc2c(c1)CCN(CC=C(C)C)CC2. The molecule has 1 aliphatic heterocycles. The van der Waals surface area contributed by atoms with Crippen LogP contribution in [0.2, 0.25) is 0 Å². The second-order valence-electron chi connectivity index (χ2n) is 5.22. The van der Waals surface area contributed by atoms with E-state index < -0.39 is 0 Å². The molecule has 0 N–H and O–H groups in total. The van der Waals surface area contributed by atoms with Gasteiger partial charge in [-0.1, -0.05) is 17.7 Å². The van der Waals surface area contributed by atoms with Crippen molar-refractivity contribution in [3.63, 3.8) is 0 Å². The summed E-state index contributed by atoms with van der Waals surface area (Å²) in [6, 6.07) is 6.49. The van der Waals surface area contributed by atoms with E-state index in [9.17, 15) is 0 Å². The molecule has 18 heavy (non-hydrogen) atoms. The van der Waals surface area contributed by atoms with Crippen LogP contribution in [-0.2, 0) is 12.8 Å². The molecule has 1 aromatic rings. The minimum atomic E-state index is 0.978. The molecule has 1 aliphatic rings. The summed E-state index contributed by atoms with van der Waals surface area (Å²) in [7, 11) is 1.74. The van der Waals surface area contributed by atoms with Gasteiger partial charge in [0.25, 0.3) is 0 Å². The van der Waals surface area contributed by atoms with Crippen LogP contribution in [0.15, 0.2) is 29.8 Å². The van der Waals surface area contributed by atoms with E-state index in [1.165, 1.54) is 16.7 Å². The second kappa shape index (κ2) is 6.05. The van der Waals surface area contributed by atoms with Gasteiger partial charge >= 0.3 is 0 Å². The first kappa shape index (κ1) is 13.2. The van der Waals surface area contributed by atoms with Gasteiger partial charge in [-0.05, 0) is 49.9 Å². The van der Waals surface area contributed by atoms with Gasteiger partial charge in [0, 0.05) is 19.6 Å². The molecule has 0 spiro atoms. The van der Waals surface area contributed by atoms with Crippen molar-refractivity contribution >= 4 is 0 Å². The molecule has 2 rings (SSSR count). The summed E-state index contributed by atoms with van der Waals surface area (Å²) in [6.45, 7) is 7.70. The number of rotatable bonds is 3. The summed E-state index contributed by atoms with van der Waals surface area (Å²) < 4.78 is 5.30. The Morgan fingerprint density at radius 2 is 1.94 bits per heavy atom. The molecule has 98 valence electrons. The fraction of sp³-hybridized carbons (Fsp3) is 0.500. The summed E-state index contributed by atoms with van der Waals surface area (Å²) in [4.78, 5) is 2.53. The zero-order valence-corrected chi connectivity index (χ0v) is 11.7. The number of nitrogens with zero attached hydrogens (tertiary/aromatic N) is 1. The van der Waals surface area contributed by atoms with Crippen LogP contribution >= 0.6 is 0 Å². The molecule has 1 heterocycles. The number of benzene rings is 1. The molecular formula is C16H23NO. The third-order valence-corrected chi connectivity index (χ3v) is 3.57. The Bertz CT molecular complexity index is 433. The summed E-state index contributed by atoms with van der Waals surface area (Å²) in [5.41, 5.74) is 4.34. The third kappa shape index (κ3) is 3.36. The minimum absolute atomic E-state index is 0.978. The van der Waals surface area contributed by atoms with E-state index in [0.717, 1.165) is 38.2 Å². The summed E-state index contributed by atoms with van der Waals surface area (Å²) >= 11 is 0. The predicted octanol–water partition coefficient (Wildman–Crippen LogP) is 3.06. The lowest BCUT2D eigenvalue weighted by Crippen LogP contribution is -2.26. The van der Waals surface area contributed by atoms with Gasteiger partial charge in [0.15, 0.2) is 0 Å². The van der Waals surface area contributed by atoms with Crippen LogP contribution in [0.3, 0.4) is 0 Å². The molecule has 0 fully saturated rings. The van der Waals surface area contributed by atoms with Gasteiger partial charge in [-0.25, -0.2) is 0 Å². The maximum Gasteiger partial charge on any atom is 0.119 e. The molecular weight excluding hydrogens is 222 g/mol. The average Bonchev–Trinajstić information content (AvgIpc) is 2.57. The fourth-order valence-corrected chi connectivity index (χ4v) is 2.37. The minimum Gasteiger partial charge on any atom is -0.497 e. The molecule has 0 saturated carbocycles. The van der Waals surface area contributed by atoms with Crippen LogP contribution in [0.25, 0.3) is 0 Å². The normalized spacial score (nSPS) is 15.7. The van der Waals surface area contributed by atoms with Crippen molar-refractivity contribution in [3.05, 3.63) is 41.0 Å². The monoisotopic (exact) mass is 245 g/mol. The Hall–Kier alpha value is -1.28. The zero-order valence-electron chi connectivity index (χ0n) is 11.7. The van der Waals surface area contributed by atoms with Crippen LogP contribution in [0.4, 0.5) is 0 Å². The largest absolute Gasteiger partial charge is 0.497 e. The lowest BCUT2D eigenvalue weighted by Gasteiger charge is -2.17. The van der Waals surface area contributed by atoms with E-state index in [4.69, 9.17) is 4.74 Å². The number of methoxy groups -OCH3 is 1. The number of hydrogen-bond donors (Lipinski definition) is 0. The van der Waals surface area contributed by atoms with E-state index >= 15 is 0 Å². The van der Waals surface area contributed by atoms with E-state index in [-0.39, 0.29) is 0 Å². The average molecular weight is 245 g/mol. The number of fused-ring (bicyclic) bond motifs is 1. The molecule has 0 atom stereocenters. The molecule has 0 radical (unpaired) electrons. The van der Waals surface area contributed by atoms with E-state index in [1.807, 2.05) is 0 Å². The lowest BCUT2D eigenvalue weighted by atomic mass is 10.0. The standard InChI is InChI=1S/C16H23NO/c1-13(2)6-9-17-10-7-14-4-5-16(18-3)12-15(14)8-11-17/h4-6,12H,7-11H2,1-3H3. The Labute approximate surface area is 110 Å². The Morgan fingerprint density at radius 3 is 2.61 bits per heavy atom. The maximum atomic E-state index is 5.30. The van der Waals surface area contributed by atoms with Crippen LogP contribution in [-0.4, -0.2) is 31.6 Å². The molecule has 0 aromatic heterocycles. The van der Waals surface area contributed by atoms with Gasteiger partial charge in [-0.2, -0.15) is 0 Å². The van der Waals surface area contributed by atoms with Crippen LogP contribution in [0.1, 0.15) is 25.0 Å². The topological polar surface area (TPSA) is 12.5 Å². The Kier molecular flexibility index (Phi) is 4.43. The summed E-state index contributed by atoms with van der Waals surface area (Å²) in [5, 5.41) is 0. The summed E-state index contributed by atoms with van der Waals surface area (Å²) in [6.07, 6.45) is 4.59. The Balaban J connectivity index is 2.04. The van der Waals surface area contributed by atoms with Crippen LogP contribution < -0.4 is 4.74 Å². The zero-order chi connectivity index (χ0) is 13.0. The molecule has 0 aliphatic carbocycles. The van der Waals surface area contributed by atoms with Crippen molar-refractivity contribution in [2.24, 2.45) is 0 Å². The van der Waals surface area contributed by atoms with Gasteiger partial charge < -0.3 is 4.74 Å². The first-order chi connectivity index (χ1) is 8.69. The third-order valence-electron chi connectivity index (χ3n) is 3.57. The van der Waals surface area contributed by atoms with Crippen LogP contribution in [0.5, 0.6) is 5.75 Å². The van der Waals surface area contributed by atoms with Crippen molar-refractivity contribution in [1.82, 2.24) is 4.90 Å². The van der Waals surface area contributed by atoms with Crippen molar-refractivity contribution in [3.8, 4) is 5.75 Å². The Morgan fingerprint density at radius 1 is 1.22 bits per heavy atom. The highest BCUT2D eigenvalue weighted by molar-refractivity contribution is 5.36. The first-order valence-electron chi connectivity index (χ1n) is 6.70. The predicted molar refractivity (Wildman–Crippen MR) is 76.3 cm³/mol. The number of allylic oxidation sites excluding steroid dienone is 1. The highest BCUT2D eigenvalue weighted by atomic mass is 16.5. The van der Waals surface area contributed by atoms with E-state index in [2.05, 4.69) is 43.0 Å². The number of ether oxygens (including phenoxy) is 1. The molecule has 0 bridgehead atoms. The van der Waals surface area contributed by atoms with Gasteiger partial charge in [-0.15, -0.1) is 0 Å². The van der Waals surface area contributed by atoms with Crippen molar-refractivity contribution in [1.29, 1.82) is 0 Å². The highest BCUT2D eigenvalue weighted by Crippen LogP contribution is 2.21. The van der Waals surface area contributed by atoms with Gasteiger partial charge in [-0.3, -0.25) is 4.90 Å². The molecule has 2 nitrogen and oxygen atoms in total. The van der Waals surface area contributed by atoms with Crippen molar-refractivity contribution in [2.75, 3.05) is 26.7 Å². The molecule has 2 heteroatoms. The summed E-state index contributed by atoms with van der Waals surface area (Å²) in [5.74, 6) is 0.978. The van der Waals surface area contributed by atoms with Gasteiger partial charge in [0.2, 0.25) is 0 Å². The first-order valence-corrected chi connectivity index (χ1v) is 6.70. The van der Waals surface area contributed by atoms with E-state index in [0.29, 0.717) is 0 Å². The molecule has 0 saturated heterocycles. The molecule has 0 unspecified atom stereocenters. The van der Waals surface area contributed by atoms with Crippen molar-refractivity contribution in [2.45, 2.75) is 26.7 Å². The highest BCUT2D eigenvalue weighted by Gasteiger charge is 2.13.